The van der Waals surface area contributed by atoms with Crippen LogP contribution in [-0.2, 0) is 24.3 Å². The van der Waals surface area contributed by atoms with Gasteiger partial charge in [-0.1, -0.05) is 23.4 Å². The lowest BCUT2D eigenvalue weighted by molar-refractivity contribution is -0.119. The predicted octanol–water partition coefficient (Wildman–Crippen LogP) is 0.828. The Kier molecular flexibility index (Phi) is 4.37. The molecule has 0 saturated heterocycles. The normalized spacial score (nSPS) is 10.9. The first-order chi connectivity index (χ1) is 11.6. The van der Waals surface area contributed by atoms with Crippen LogP contribution in [0.5, 0.6) is 5.75 Å². The molecule has 0 radical (unpaired) electrons. The lowest BCUT2D eigenvalue weighted by Gasteiger charge is -2.08. The first kappa shape index (κ1) is 15.9. The lowest BCUT2D eigenvalue weighted by atomic mass is 10.1. The monoisotopic (exact) mass is 327 g/mol. The summed E-state index contributed by atoms with van der Waals surface area (Å²) in [5, 5.41) is 7.73. The number of carbonyl (C=O) groups excluding carboxylic acids is 1. The van der Waals surface area contributed by atoms with Gasteiger partial charge in [0.2, 0.25) is 0 Å². The number of benzene rings is 1. The smallest absolute Gasteiger partial charge is 0.283 e. The molecular formula is C16H17N5O3. The van der Waals surface area contributed by atoms with Crippen LogP contribution in [0.25, 0.3) is 11.2 Å². The first-order valence-electron chi connectivity index (χ1n) is 7.56. The number of aromatic nitrogens is 5. The van der Waals surface area contributed by atoms with Crippen molar-refractivity contribution in [2.24, 2.45) is 0 Å². The van der Waals surface area contributed by atoms with Crippen LogP contribution in [0, 0.1) is 0 Å². The molecule has 0 N–H and O–H groups in total. The maximum atomic E-state index is 12.4. The highest BCUT2D eigenvalue weighted by Crippen LogP contribution is 2.18. The summed E-state index contributed by atoms with van der Waals surface area (Å²) in [5.41, 5.74) is 1.01. The van der Waals surface area contributed by atoms with E-state index in [4.69, 9.17) is 4.74 Å². The Bertz CT molecular complexity index is 944. The Morgan fingerprint density at radius 1 is 1.29 bits per heavy atom. The summed E-state index contributed by atoms with van der Waals surface area (Å²) in [7, 11) is 1.56. The highest BCUT2D eigenvalue weighted by atomic mass is 16.5. The van der Waals surface area contributed by atoms with Crippen molar-refractivity contribution >= 4 is 16.9 Å². The van der Waals surface area contributed by atoms with Crippen molar-refractivity contribution in [2.45, 2.75) is 26.4 Å². The fourth-order valence-corrected chi connectivity index (χ4v) is 2.52. The van der Waals surface area contributed by atoms with Crippen LogP contribution < -0.4 is 10.3 Å². The van der Waals surface area contributed by atoms with Gasteiger partial charge in [0.05, 0.1) is 13.7 Å². The van der Waals surface area contributed by atoms with E-state index in [0.717, 1.165) is 5.56 Å². The van der Waals surface area contributed by atoms with Gasteiger partial charge in [-0.25, -0.2) is 9.67 Å². The number of ether oxygens (including phenoxy) is 1. The highest BCUT2D eigenvalue weighted by molar-refractivity contribution is 5.81. The Morgan fingerprint density at radius 2 is 2.08 bits per heavy atom. The number of methoxy groups -OCH3 is 1. The number of rotatable bonds is 6. The molecule has 2 heterocycles. The van der Waals surface area contributed by atoms with Crippen LogP contribution in [0.1, 0.15) is 12.5 Å². The van der Waals surface area contributed by atoms with Crippen LogP contribution in [0.3, 0.4) is 0 Å². The minimum Gasteiger partial charge on any atom is -0.496 e. The number of para-hydroxylation sites is 1. The van der Waals surface area contributed by atoms with Gasteiger partial charge in [0, 0.05) is 18.5 Å². The van der Waals surface area contributed by atoms with Crippen LogP contribution in [0.4, 0.5) is 0 Å². The maximum absolute atomic E-state index is 12.4. The summed E-state index contributed by atoms with van der Waals surface area (Å²) in [6.45, 7) is 2.39. The van der Waals surface area contributed by atoms with Crippen molar-refractivity contribution in [1.29, 1.82) is 0 Å². The molecule has 0 aliphatic heterocycles. The van der Waals surface area contributed by atoms with E-state index < -0.39 is 0 Å². The second-order valence-electron chi connectivity index (χ2n) is 5.28. The third-order valence-corrected chi connectivity index (χ3v) is 3.72. The average molecular weight is 327 g/mol. The lowest BCUT2D eigenvalue weighted by Crippen LogP contribution is -2.25. The number of nitrogens with zero attached hydrogens (tertiary/aromatic N) is 5. The molecule has 3 rings (SSSR count). The average Bonchev–Trinajstić information content (AvgIpc) is 3.01. The number of Topliss-reactive ketones (excluding diaryl/α,β-unsaturated/α-hetero) is 1. The van der Waals surface area contributed by atoms with E-state index in [9.17, 15) is 9.59 Å². The summed E-state index contributed by atoms with van der Waals surface area (Å²) < 4.78 is 8.04. The van der Waals surface area contributed by atoms with E-state index in [1.165, 1.54) is 15.6 Å². The SMILES string of the molecule is CCn1nnc2c(=O)n(CC(=O)Cc3ccccc3OC)cnc21. The number of ketones is 1. The van der Waals surface area contributed by atoms with Crippen molar-refractivity contribution in [2.75, 3.05) is 7.11 Å². The van der Waals surface area contributed by atoms with Crippen LogP contribution in [0.2, 0.25) is 0 Å². The van der Waals surface area contributed by atoms with Gasteiger partial charge >= 0.3 is 0 Å². The molecule has 0 atom stereocenters. The quantitative estimate of drug-likeness (QED) is 0.666. The maximum Gasteiger partial charge on any atom is 0.283 e. The molecule has 0 spiro atoms. The molecule has 3 aromatic rings. The second-order valence-corrected chi connectivity index (χ2v) is 5.28. The van der Waals surface area contributed by atoms with E-state index in [0.29, 0.717) is 17.9 Å². The third kappa shape index (κ3) is 2.90. The van der Waals surface area contributed by atoms with Crippen molar-refractivity contribution in [1.82, 2.24) is 24.5 Å². The van der Waals surface area contributed by atoms with E-state index in [1.54, 1.807) is 13.2 Å². The Labute approximate surface area is 137 Å². The molecule has 8 heteroatoms. The zero-order valence-corrected chi connectivity index (χ0v) is 13.5. The molecule has 0 unspecified atom stereocenters. The molecule has 8 nitrogen and oxygen atoms in total. The third-order valence-electron chi connectivity index (χ3n) is 3.72. The van der Waals surface area contributed by atoms with Crippen molar-refractivity contribution in [3.63, 3.8) is 0 Å². The molecule has 1 aromatic carbocycles. The molecule has 0 fully saturated rings. The van der Waals surface area contributed by atoms with Gasteiger partial charge in [0.1, 0.15) is 12.1 Å². The summed E-state index contributed by atoms with van der Waals surface area (Å²) in [5.74, 6) is 0.531. The molecule has 0 aliphatic carbocycles. The Balaban J connectivity index is 1.83. The van der Waals surface area contributed by atoms with Crippen LogP contribution in [-0.4, -0.2) is 37.4 Å². The summed E-state index contributed by atoms with van der Waals surface area (Å²) in [6.07, 6.45) is 1.54. The molecule has 0 saturated carbocycles. The zero-order chi connectivity index (χ0) is 17.1. The first-order valence-corrected chi connectivity index (χ1v) is 7.56. The summed E-state index contributed by atoms with van der Waals surface area (Å²) in [6, 6.07) is 7.30. The molecule has 0 bridgehead atoms. The number of fused-ring (bicyclic) bond motifs is 1. The van der Waals surface area contributed by atoms with Gasteiger partial charge in [-0.2, -0.15) is 0 Å². The van der Waals surface area contributed by atoms with Crippen molar-refractivity contribution in [3.8, 4) is 5.75 Å². The van der Waals surface area contributed by atoms with Gasteiger partial charge in [-0.3, -0.25) is 14.2 Å². The van der Waals surface area contributed by atoms with Crippen LogP contribution >= 0.6 is 0 Å². The largest absolute Gasteiger partial charge is 0.496 e. The molecule has 2 aromatic heterocycles. The standard InChI is InChI=1S/C16H17N5O3/c1-3-21-15-14(18-19-21)16(23)20(10-17-15)9-12(22)8-11-6-4-5-7-13(11)24-2/h4-7,10H,3,8-9H2,1-2H3. The molecule has 0 aliphatic rings. The predicted molar refractivity (Wildman–Crippen MR) is 87.0 cm³/mol. The van der Waals surface area contributed by atoms with Gasteiger partial charge in [-0.05, 0) is 13.0 Å². The minimum atomic E-state index is -0.368. The number of aryl methyl sites for hydroxylation is 1. The topological polar surface area (TPSA) is 91.9 Å². The van der Waals surface area contributed by atoms with Gasteiger partial charge in [0.15, 0.2) is 16.9 Å². The van der Waals surface area contributed by atoms with Gasteiger partial charge in [-0.15, -0.1) is 5.10 Å². The molecular weight excluding hydrogens is 310 g/mol. The number of carbonyl (C=O) groups is 1. The van der Waals surface area contributed by atoms with E-state index >= 15 is 0 Å². The zero-order valence-electron chi connectivity index (χ0n) is 13.5. The molecule has 0 amide bonds. The van der Waals surface area contributed by atoms with E-state index in [1.807, 2.05) is 25.1 Å². The fraction of sp³-hybridized carbons (Fsp3) is 0.312. The molecule has 24 heavy (non-hydrogen) atoms. The Morgan fingerprint density at radius 3 is 2.83 bits per heavy atom. The number of hydrogen-bond acceptors (Lipinski definition) is 6. The second kappa shape index (κ2) is 6.61. The molecule has 124 valence electrons. The summed E-state index contributed by atoms with van der Waals surface area (Å²) in [4.78, 5) is 28.9. The van der Waals surface area contributed by atoms with Crippen molar-refractivity contribution < 1.29 is 9.53 Å². The fourth-order valence-electron chi connectivity index (χ4n) is 2.52. The van der Waals surface area contributed by atoms with E-state index in [-0.39, 0.29) is 29.8 Å². The van der Waals surface area contributed by atoms with Gasteiger partial charge < -0.3 is 4.74 Å². The number of hydrogen-bond donors (Lipinski definition) is 0. The Hall–Kier alpha value is -3.03. The minimum absolute atomic E-state index is 0.0706. The van der Waals surface area contributed by atoms with Crippen molar-refractivity contribution in [3.05, 3.63) is 46.5 Å². The van der Waals surface area contributed by atoms with Gasteiger partial charge in [0.25, 0.3) is 5.56 Å². The summed E-state index contributed by atoms with van der Waals surface area (Å²) >= 11 is 0. The van der Waals surface area contributed by atoms with E-state index in [2.05, 4.69) is 15.3 Å². The van der Waals surface area contributed by atoms with Crippen LogP contribution in [0.15, 0.2) is 35.4 Å². The highest BCUT2D eigenvalue weighted by Gasteiger charge is 2.14.